The number of fused-ring (bicyclic) bond motifs is 1. The molecule has 2 rings (SSSR count). The molecule has 0 fully saturated rings. The number of hydrogen-bond acceptors (Lipinski definition) is 2. The third kappa shape index (κ3) is 1.23. The second kappa shape index (κ2) is 2.88. The van der Waals surface area contributed by atoms with Gasteiger partial charge < -0.3 is 0 Å². The van der Waals surface area contributed by atoms with Crippen molar-refractivity contribution >= 4 is 27.4 Å². The highest BCUT2D eigenvalue weighted by Gasteiger charge is 2.16. The Morgan fingerprint density at radius 1 is 1.50 bits per heavy atom. The van der Waals surface area contributed by atoms with Crippen molar-refractivity contribution in [3.63, 3.8) is 0 Å². The van der Waals surface area contributed by atoms with E-state index in [1.54, 1.807) is 6.07 Å². The van der Waals surface area contributed by atoms with Crippen molar-refractivity contribution in [2.75, 3.05) is 6.54 Å². The molecule has 0 aromatic heterocycles. The summed E-state index contributed by atoms with van der Waals surface area (Å²) in [6, 6.07) is 5.45. The number of halogens is 1. The van der Waals surface area contributed by atoms with Crippen LogP contribution in [0.4, 0.5) is 5.69 Å². The lowest BCUT2D eigenvalue weighted by atomic mass is 10.1. The fraction of sp³-hybridized carbons (Fsp3) is 0.125. The van der Waals surface area contributed by atoms with Gasteiger partial charge in [-0.2, -0.15) is 0 Å². The summed E-state index contributed by atoms with van der Waals surface area (Å²) < 4.78 is 0.932. The van der Waals surface area contributed by atoms with Crippen molar-refractivity contribution in [2.45, 2.75) is 0 Å². The zero-order valence-electron chi connectivity index (χ0n) is 6.17. The Bertz CT molecular complexity index is 338. The highest BCUT2D eigenvalue weighted by atomic mass is 79.9. The molecule has 1 radical (unpaired) electrons. The Labute approximate surface area is 78.3 Å². The standard InChI is InChI=1S/C8H6BrN2O/c9-5-1-2-6-7(3-5)11-10-4-8(6)12/h1-3,10H,4H2. The van der Waals surface area contributed by atoms with E-state index >= 15 is 0 Å². The highest BCUT2D eigenvalue weighted by Crippen LogP contribution is 2.22. The number of ketones is 1. The molecule has 1 aliphatic heterocycles. The summed E-state index contributed by atoms with van der Waals surface area (Å²) in [5.74, 6) is 0.0903. The maximum atomic E-state index is 11.3. The highest BCUT2D eigenvalue weighted by molar-refractivity contribution is 9.10. The quantitative estimate of drug-likeness (QED) is 0.726. The number of carbonyl (C=O) groups excluding carboxylic acids is 1. The fourth-order valence-corrected chi connectivity index (χ4v) is 1.47. The van der Waals surface area contributed by atoms with Crippen LogP contribution in [-0.2, 0) is 0 Å². The summed E-state index contributed by atoms with van der Waals surface area (Å²) in [7, 11) is 0. The Balaban J connectivity index is 2.53. The minimum absolute atomic E-state index is 0.0903. The molecule has 61 valence electrons. The third-order valence-electron chi connectivity index (χ3n) is 1.70. The summed E-state index contributed by atoms with van der Waals surface area (Å²) in [6.07, 6.45) is 0. The van der Waals surface area contributed by atoms with E-state index in [9.17, 15) is 4.79 Å². The van der Waals surface area contributed by atoms with Gasteiger partial charge in [-0.1, -0.05) is 15.9 Å². The molecule has 0 bridgehead atoms. The summed E-state index contributed by atoms with van der Waals surface area (Å²) >= 11 is 3.31. The number of rotatable bonds is 0. The molecule has 0 unspecified atom stereocenters. The van der Waals surface area contributed by atoms with Crippen molar-refractivity contribution in [2.24, 2.45) is 0 Å². The molecule has 1 heterocycles. The monoisotopic (exact) mass is 225 g/mol. The lowest BCUT2D eigenvalue weighted by Crippen LogP contribution is -2.33. The molecule has 0 atom stereocenters. The van der Waals surface area contributed by atoms with Gasteiger partial charge in [-0.25, -0.2) is 10.9 Å². The predicted molar refractivity (Wildman–Crippen MR) is 48.3 cm³/mol. The summed E-state index contributed by atoms with van der Waals surface area (Å²) in [5.41, 5.74) is 8.08. The molecule has 3 nitrogen and oxygen atoms in total. The van der Waals surface area contributed by atoms with Crippen LogP contribution in [0.1, 0.15) is 10.4 Å². The number of nitrogens with zero attached hydrogens (tertiary/aromatic N) is 1. The van der Waals surface area contributed by atoms with Gasteiger partial charge in [0, 0.05) is 10.0 Å². The second-order valence-corrected chi connectivity index (χ2v) is 3.45. The van der Waals surface area contributed by atoms with Crippen LogP contribution in [-0.4, -0.2) is 12.3 Å². The Kier molecular flexibility index (Phi) is 1.86. The normalized spacial score (nSPS) is 15.2. The van der Waals surface area contributed by atoms with Gasteiger partial charge in [0.15, 0.2) is 5.78 Å². The van der Waals surface area contributed by atoms with Crippen LogP contribution in [0.3, 0.4) is 0 Å². The maximum Gasteiger partial charge on any atom is 0.180 e. The van der Waals surface area contributed by atoms with Crippen LogP contribution < -0.4 is 10.9 Å². The molecule has 1 aromatic carbocycles. The molecule has 4 heteroatoms. The number of benzene rings is 1. The molecule has 0 spiro atoms. The second-order valence-electron chi connectivity index (χ2n) is 2.53. The van der Waals surface area contributed by atoms with Gasteiger partial charge in [-0.3, -0.25) is 4.79 Å². The van der Waals surface area contributed by atoms with Crippen molar-refractivity contribution in [3.05, 3.63) is 28.2 Å². The number of Topliss-reactive ketones (excluding diaryl/α,β-unsaturated/α-hetero) is 1. The van der Waals surface area contributed by atoms with E-state index in [0.29, 0.717) is 17.8 Å². The van der Waals surface area contributed by atoms with Crippen molar-refractivity contribution in [3.8, 4) is 0 Å². The third-order valence-corrected chi connectivity index (χ3v) is 2.19. The smallest absolute Gasteiger partial charge is 0.180 e. The molecule has 0 saturated heterocycles. The zero-order valence-corrected chi connectivity index (χ0v) is 7.76. The fourth-order valence-electron chi connectivity index (χ4n) is 1.12. The maximum absolute atomic E-state index is 11.3. The van der Waals surface area contributed by atoms with Crippen LogP contribution in [0.15, 0.2) is 22.7 Å². The van der Waals surface area contributed by atoms with Gasteiger partial charge in [-0.05, 0) is 18.2 Å². The van der Waals surface area contributed by atoms with E-state index in [1.165, 1.54) is 0 Å². The molecule has 0 aliphatic carbocycles. The summed E-state index contributed by atoms with van der Waals surface area (Å²) in [5, 5.41) is 0. The summed E-state index contributed by atoms with van der Waals surface area (Å²) in [6.45, 7) is 0.300. The molecular weight excluding hydrogens is 220 g/mol. The number of carbonyl (C=O) groups is 1. The lowest BCUT2D eigenvalue weighted by molar-refractivity contribution is 0.0980. The molecule has 1 aromatic rings. The molecular formula is C8H6BrN2O. The minimum atomic E-state index is 0.0903. The number of nitrogens with one attached hydrogen (secondary N) is 1. The first-order valence-electron chi connectivity index (χ1n) is 3.54. The van der Waals surface area contributed by atoms with Crippen LogP contribution in [0.2, 0.25) is 0 Å². The van der Waals surface area contributed by atoms with Gasteiger partial charge in [0.05, 0.1) is 12.2 Å². The van der Waals surface area contributed by atoms with Crippen LogP contribution >= 0.6 is 15.9 Å². The van der Waals surface area contributed by atoms with E-state index in [2.05, 4.69) is 26.8 Å². The number of hydrogen-bond donors (Lipinski definition) is 1. The van der Waals surface area contributed by atoms with Crippen LogP contribution in [0, 0.1) is 0 Å². The van der Waals surface area contributed by atoms with Crippen molar-refractivity contribution in [1.29, 1.82) is 0 Å². The van der Waals surface area contributed by atoms with Gasteiger partial charge in [0.1, 0.15) is 0 Å². The SMILES string of the molecule is O=C1CN[N]c2cc(Br)ccc21. The molecule has 12 heavy (non-hydrogen) atoms. The van der Waals surface area contributed by atoms with Crippen LogP contribution in [0.5, 0.6) is 0 Å². The average Bonchev–Trinajstić information content (AvgIpc) is 2.04. The van der Waals surface area contributed by atoms with Gasteiger partial charge >= 0.3 is 0 Å². The first-order valence-corrected chi connectivity index (χ1v) is 4.33. The van der Waals surface area contributed by atoms with E-state index in [4.69, 9.17) is 0 Å². The molecule has 1 aliphatic rings. The first kappa shape index (κ1) is 7.76. The van der Waals surface area contributed by atoms with E-state index in [1.807, 2.05) is 12.1 Å². The lowest BCUT2D eigenvalue weighted by Gasteiger charge is -2.14. The van der Waals surface area contributed by atoms with Gasteiger partial charge in [0.2, 0.25) is 0 Å². The van der Waals surface area contributed by atoms with Crippen molar-refractivity contribution in [1.82, 2.24) is 10.9 Å². The van der Waals surface area contributed by atoms with Gasteiger partial charge in [-0.15, -0.1) is 0 Å². The zero-order chi connectivity index (χ0) is 8.55. The Hall–Kier alpha value is -0.870. The Morgan fingerprint density at radius 2 is 2.33 bits per heavy atom. The molecule has 1 N–H and O–H groups in total. The van der Waals surface area contributed by atoms with Gasteiger partial charge in [0.25, 0.3) is 0 Å². The Morgan fingerprint density at radius 3 is 3.17 bits per heavy atom. The van der Waals surface area contributed by atoms with E-state index in [-0.39, 0.29) is 5.78 Å². The average molecular weight is 226 g/mol. The van der Waals surface area contributed by atoms with Crippen LogP contribution in [0.25, 0.3) is 0 Å². The van der Waals surface area contributed by atoms with E-state index in [0.717, 1.165) is 4.47 Å². The predicted octanol–water partition coefficient (Wildman–Crippen LogP) is 1.39. The van der Waals surface area contributed by atoms with Crippen molar-refractivity contribution < 1.29 is 4.79 Å². The largest absolute Gasteiger partial charge is 0.293 e. The summed E-state index contributed by atoms with van der Waals surface area (Å²) in [4.78, 5) is 11.3. The molecule has 0 amide bonds. The topological polar surface area (TPSA) is 43.2 Å². The minimum Gasteiger partial charge on any atom is -0.293 e. The van der Waals surface area contributed by atoms with E-state index < -0.39 is 0 Å². The molecule has 0 saturated carbocycles. The first-order chi connectivity index (χ1) is 5.77.